The molecule has 102 valence electrons. The van der Waals surface area contributed by atoms with Crippen LogP contribution in [0.2, 0.25) is 0 Å². The van der Waals surface area contributed by atoms with Crippen LogP contribution in [0.15, 0.2) is 34.8 Å². The summed E-state index contributed by atoms with van der Waals surface area (Å²) in [7, 11) is 0. The molecule has 0 atom stereocenters. The Morgan fingerprint density at radius 3 is 2.84 bits per heavy atom. The molecule has 0 heterocycles. The van der Waals surface area contributed by atoms with Crippen LogP contribution in [0, 0.1) is 5.82 Å². The van der Waals surface area contributed by atoms with E-state index in [1.165, 1.54) is 24.3 Å². The molecule has 0 aromatic heterocycles. The second-order valence-corrected chi connectivity index (χ2v) is 4.26. The summed E-state index contributed by atoms with van der Waals surface area (Å²) in [5.74, 6) is -1.56. The van der Waals surface area contributed by atoms with Crippen LogP contribution in [0.5, 0.6) is 5.75 Å². The van der Waals surface area contributed by atoms with E-state index in [0.29, 0.717) is 10.2 Å². The maximum absolute atomic E-state index is 12.8. The summed E-state index contributed by atoms with van der Waals surface area (Å²) in [5.41, 5.74) is 0. The van der Waals surface area contributed by atoms with Gasteiger partial charge in [0.25, 0.3) is 5.91 Å². The number of rotatable bonds is 6. The normalized spacial score (nSPS) is 10.4. The van der Waals surface area contributed by atoms with Crippen LogP contribution >= 0.6 is 15.9 Å². The monoisotopic (exact) mass is 331 g/mol. The van der Waals surface area contributed by atoms with Crippen molar-refractivity contribution in [2.75, 3.05) is 13.2 Å². The molecule has 7 heteroatoms. The second-order valence-electron chi connectivity index (χ2n) is 3.41. The second kappa shape index (κ2) is 7.52. The standard InChI is InChI=1S/C12H11BrFNO4/c13-9-6-8(14)3-4-10(9)19-7-11(16)15-5-1-2-12(17)18/h1-4,6H,5,7H2,(H,15,16)(H,17,18)/b2-1+. The highest BCUT2D eigenvalue weighted by atomic mass is 79.9. The molecule has 2 N–H and O–H groups in total. The molecule has 0 aliphatic carbocycles. The summed E-state index contributed by atoms with van der Waals surface area (Å²) in [5, 5.41) is 10.8. The average molecular weight is 332 g/mol. The Bertz CT molecular complexity index is 505. The summed E-state index contributed by atoms with van der Waals surface area (Å²) >= 11 is 3.10. The molecular weight excluding hydrogens is 321 g/mol. The maximum Gasteiger partial charge on any atom is 0.328 e. The van der Waals surface area contributed by atoms with E-state index in [4.69, 9.17) is 9.84 Å². The van der Waals surface area contributed by atoms with Crippen LogP contribution in [-0.4, -0.2) is 30.1 Å². The minimum Gasteiger partial charge on any atom is -0.483 e. The van der Waals surface area contributed by atoms with Crippen LogP contribution in [-0.2, 0) is 9.59 Å². The van der Waals surface area contributed by atoms with E-state index in [0.717, 1.165) is 6.08 Å². The summed E-state index contributed by atoms with van der Waals surface area (Å²) < 4.78 is 18.4. The smallest absolute Gasteiger partial charge is 0.328 e. The van der Waals surface area contributed by atoms with Gasteiger partial charge < -0.3 is 15.2 Å². The van der Waals surface area contributed by atoms with Crippen LogP contribution < -0.4 is 10.1 Å². The summed E-state index contributed by atoms with van der Waals surface area (Å²) in [6.07, 6.45) is 2.23. The Labute approximate surface area is 117 Å². The van der Waals surface area contributed by atoms with Crippen LogP contribution in [0.25, 0.3) is 0 Å². The zero-order valence-corrected chi connectivity index (χ0v) is 11.3. The zero-order chi connectivity index (χ0) is 14.3. The van der Waals surface area contributed by atoms with Crippen LogP contribution in [0.4, 0.5) is 4.39 Å². The number of carbonyl (C=O) groups is 2. The van der Waals surface area contributed by atoms with Crippen molar-refractivity contribution in [1.29, 1.82) is 0 Å². The quantitative estimate of drug-likeness (QED) is 0.778. The molecule has 1 aromatic carbocycles. The number of nitrogens with one attached hydrogen (secondary N) is 1. The first-order valence-corrected chi connectivity index (χ1v) is 6.02. The van der Waals surface area contributed by atoms with Gasteiger partial charge in [0, 0.05) is 12.6 Å². The third kappa shape index (κ3) is 6.01. The van der Waals surface area contributed by atoms with E-state index in [2.05, 4.69) is 21.2 Å². The molecule has 0 spiro atoms. The summed E-state index contributed by atoms with van der Waals surface area (Å²) in [4.78, 5) is 21.5. The number of carboxylic acid groups (broad SMARTS) is 1. The lowest BCUT2D eigenvalue weighted by Crippen LogP contribution is -2.29. The fourth-order valence-corrected chi connectivity index (χ4v) is 1.58. The van der Waals surface area contributed by atoms with Crippen molar-refractivity contribution >= 4 is 27.8 Å². The van der Waals surface area contributed by atoms with Gasteiger partial charge in [0.2, 0.25) is 0 Å². The molecule has 0 unspecified atom stereocenters. The van der Waals surface area contributed by atoms with E-state index >= 15 is 0 Å². The van der Waals surface area contributed by atoms with Crippen molar-refractivity contribution in [3.05, 3.63) is 40.6 Å². The van der Waals surface area contributed by atoms with Gasteiger partial charge >= 0.3 is 5.97 Å². The van der Waals surface area contributed by atoms with Crippen molar-refractivity contribution in [2.45, 2.75) is 0 Å². The average Bonchev–Trinajstić information content (AvgIpc) is 2.33. The molecule has 19 heavy (non-hydrogen) atoms. The van der Waals surface area contributed by atoms with E-state index in [1.54, 1.807) is 0 Å². The third-order valence-corrected chi connectivity index (χ3v) is 2.55. The van der Waals surface area contributed by atoms with E-state index in [9.17, 15) is 14.0 Å². The number of hydrogen-bond acceptors (Lipinski definition) is 3. The molecule has 5 nitrogen and oxygen atoms in total. The number of ether oxygens (including phenoxy) is 1. The number of aliphatic carboxylic acids is 1. The largest absolute Gasteiger partial charge is 0.483 e. The van der Waals surface area contributed by atoms with Crippen molar-refractivity contribution < 1.29 is 23.8 Å². The van der Waals surface area contributed by atoms with Gasteiger partial charge in [-0.25, -0.2) is 9.18 Å². The fraction of sp³-hybridized carbons (Fsp3) is 0.167. The highest BCUT2D eigenvalue weighted by Crippen LogP contribution is 2.25. The van der Waals surface area contributed by atoms with Gasteiger partial charge in [0.05, 0.1) is 4.47 Å². The van der Waals surface area contributed by atoms with Gasteiger partial charge in [0.1, 0.15) is 11.6 Å². The van der Waals surface area contributed by atoms with Crippen molar-refractivity contribution in [1.82, 2.24) is 5.32 Å². The SMILES string of the molecule is O=C(O)/C=C/CNC(=O)COc1ccc(F)cc1Br. The number of halogens is 2. The molecule has 0 saturated carbocycles. The van der Waals surface area contributed by atoms with Gasteiger partial charge in [-0.2, -0.15) is 0 Å². The molecule has 1 amide bonds. The lowest BCUT2D eigenvalue weighted by molar-refractivity contribution is -0.131. The Hall–Kier alpha value is -1.89. The van der Waals surface area contributed by atoms with Gasteiger partial charge in [-0.1, -0.05) is 6.08 Å². The number of carboxylic acids is 1. The minimum atomic E-state index is -1.08. The lowest BCUT2D eigenvalue weighted by Gasteiger charge is -2.07. The van der Waals surface area contributed by atoms with Crippen molar-refractivity contribution in [3.8, 4) is 5.75 Å². The Balaban J connectivity index is 2.36. The molecule has 0 radical (unpaired) electrons. The van der Waals surface area contributed by atoms with Gasteiger partial charge in [0.15, 0.2) is 6.61 Å². The fourth-order valence-electron chi connectivity index (χ4n) is 1.12. The molecule has 0 bridgehead atoms. The Kier molecular flexibility index (Phi) is 6.01. The van der Waals surface area contributed by atoms with E-state index in [1.807, 2.05) is 0 Å². The first-order chi connectivity index (χ1) is 8.99. The van der Waals surface area contributed by atoms with E-state index in [-0.39, 0.29) is 13.2 Å². The molecule has 0 aliphatic rings. The van der Waals surface area contributed by atoms with Crippen LogP contribution in [0.3, 0.4) is 0 Å². The van der Waals surface area contributed by atoms with Crippen molar-refractivity contribution in [3.63, 3.8) is 0 Å². The molecule has 0 saturated heterocycles. The van der Waals surface area contributed by atoms with Crippen molar-refractivity contribution in [2.24, 2.45) is 0 Å². The number of amides is 1. The first-order valence-electron chi connectivity index (χ1n) is 5.23. The van der Waals surface area contributed by atoms with Gasteiger partial charge in [-0.15, -0.1) is 0 Å². The van der Waals surface area contributed by atoms with Crippen LogP contribution in [0.1, 0.15) is 0 Å². The Morgan fingerprint density at radius 2 is 2.21 bits per heavy atom. The van der Waals surface area contributed by atoms with Gasteiger partial charge in [-0.3, -0.25) is 4.79 Å². The highest BCUT2D eigenvalue weighted by Gasteiger charge is 2.05. The molecule has 0 fully saturated rings. The predicted molar refractivity (Wildman–Crippen MR) is 69.4 cm³/mol. The van der Waals surface area contributed by atoms with E-state index < -0.39 is 17.7 Å². The first kappa shape index (κ1) is 15.2. The molecule has 1 aromatic rings. The summed E-state index contributed by atoms with van der Waals surface area (Å²) in [6, 6.07) is 3.84. The lowest BCUT2D eigenvalue weighted by atomic mass is 10.3. The predicted octanol–water partition coefficient (Wildman–Crippen LogP) is 1.72. The molecule has 1 rings (SSSR count). The van der Waals surface area contributed by atoms with Gasteiger partial charge in [-0.05, 0) is 34.1 Å². The maximum atomic E-state index is 12.8. The molecular formula is C12H11BrFNO4. The molecule has 0 aliphatic heterocycles. The third-order valence-electron chi connectivity index (χ3n) is 1.93. The number of hydrogen-bond donors (Lipinski definition) is 2. The Morgan fingerprint density at radius 1 is 1.47 bits per heavy atom. The summed E-state index contributed by atoms with van der Waals surface area (Å²) in [6.45, 7) is -0.149. The highest BCUT2D eigenvalue weighted by molar-refractivity contribution is 9.10. The number of benzene rings is 1. The number of carbonyl (C=O) groups excluding carboxylic acids is 1. The topological polar surface area (TPSA) is 75.6 Å². The minimum absolute atomic E-state index is 0.0963. The zero-order valence-electron chi connectivity index (χ0n) is 9.73.